The summed E-state index contributed by atoms with van der Waals surface area (Å²) in [7, 11) is 0. The van der Waals surface area contributed by atoms with Gasteiger partial charge in [0.25, 0.3) is 0 Å². The molecule has 0 bridgehead atoms. The zero-order valence-corrected chi connectivity index (χ0v) is 13.1. The minimum absolute atomic E-state index is 0.0935. The van der Waals surface area contributed by atoms with Gasteiger partial charge in [-0.2, -0.15) is 0 Å². The first-order valence-electron chi connectivity index (χ1n) is 7.02. The third-order valence-corrected chi connectivity index (χ3v) is 3.86. The molecule has 0 heterocycles. The summed E-state index contributed by atoms with van der Waals surface area (Å²) in [6.45, 7) is 2.86. The van der Waals surface area contributed by atoms with Crippen LogP contribution in [-0.2, 0) is 0 Å². The number of nitrogens with zero attached hydrogens (tertiary/aromatic N) is 1. The molecule has 0 aliphatic heterocycles. The van der Waals surface area contributed by atoms with Crippen LogP contribution in [0.5, 0.6) is 5.75 Å². The maximum absolute atomic E-state index is 8.90. The van der Waals surface area contributed by atoms with Crippen LogP contribution in [0.2, 0.25) is 0 Å². The zero-order chi connectivity index (χ0) is 14.8. The van der Waals surface area contributed by atoms with Crippen LogP contribution >= 0.6 is 11.8 Å². The minimum Gasteiger partial charge on any atom is -0.493 e. The molecule has 0 saturated carbocycles. The Morgan fingerprint density at radius 1 is 1.30 bits per heavy atom. The van der Waals surface area contributed by atoms with E-state index in [0.717, 1.165) is 11.3 Å². The van der Waals surface area contributed by atoms with Gasteiger partial charge in [0.2, 0.25) is 0 Å². The molecule has 112 valence electrons. The van der Waals surface area contributed by atoms with Crippen molar-refractivity contribution in [2.75, 3.05) is 12.9 Å². The smallest absolute Gasteiger partial charge is 0.174 e. The molecule has 0 saturated heterocycles. The van der Waals surface area contributed by atoms with Crippen molar-refractivity contribution in [3.63, 3.8) is 0 Å². The van der Waals surface area contributed by atoms with Gasteiger partial charge in [-0.1, -0.05) is 43.8 Å². The standard InChI is InChI=1S/C15H24N2O2S/c1-3-4-5-6-7-11-19-12-9-8-10-13(20-2)14(12)15(16)17-18/h8-10,18H,3-7,11H2,1-2H3,(H2,16,17). The molecule has 0 unspecified atom stereocenters. The Kier molecular flexibility index (Phi) is 7.95. The second-order valence-corrected chi connectivity index (χ2v) is 5.43. The van der Waals surface area contributed by atoms with Gasteiger partial charge < -0.3 is 15.7 Å². The van der Waals surface area contributed by atoms with E-state index in [1.54, 1.807) is 11.8 Å². The SMILES string of the molecule is CCCCCCCOc1cccc(SC)c1/C(N)=N/O. The molecule has 0 amide bonds. The molecule has 0 aromatic heterocycles. The van der Waals surface area contributed by atoms with Crippen molar-refractivity contribution in [3.05, 3.63) is 23.8 Å². The number of unbranched alkanes of at least 4 members (excludes halogenated alkanes) is 4. The Bertz CT molecular complexity index is 436. The number of benzene rings is 1. The Labute approximate surface area is 125 Å². The van der Waals surface area contributed by atoms with Gasteiger partial charge in [0.05, 0.1) is 12.2 Å². The van der Waals surface area contributed by atoms with Gasteiger partial charge in [0, 0.05) is 4.90 Å². The Morgan fingerprint density at radius 2 is 2.05 bits per heavy atom. The molecule has 0 radical (unpaired) electrons. The van der Waals surface area contributed by atoms with Gasteiger partial charge in [0.15, 0.2) is 5.84 Å². The van der Waals surface area contributed by atoms with E-state index in [4.69, 9.17) is 15.7 Å². The number of ether oxygens (including phenoxy) is 1. The summed E-state index contributed by atoms with van der Waals surface area (Å²) in [5.41, 5.74) is 6.42. The average Bonchev–Trinajstić information content (AvgIpc) is 2.49. The van der Waals surface area contributed by atoms with Gasteiger partial charge in [-0.3, -0.25) is 0 Å². The van der Waals surface area contributed by atoms with Crippen molar-refractivity contribution >= 4 is 17.6 Å². The van der Waals surface area contributed by atoms with Gasteiger partial charge in [-0.15, -0.1) is 11.8 Å². The normalized spacial score (nSPS) is 11.6. The highest BCUT2D eigenvalue weighted by Gasteiger charge is 2.13. The summed E-state index contributed by atoms with van der Waals surface area (Å²) < 4.78 is 5.80. The molecule has 0 aliphatic carbocycles. The molecule has 20 heavy (non-hydrogen) atoms. The van der Waals surface area contributed by atoms with Crippen LogP contribution in [0.15, 0.2) is 28.3 Å². The maximum atomic E-state index is 8.90. The lowest BCUT2D eigenvalue weighted by Crippen LogP contribution is -2.16. The molecule has 1 aromatic rings. The summed E-state index contributed by atoms with van der Waals surface area (Å²) in [6.07, 6.45) is 7.92. The van der Waals surface area contributed by atoms with E-state index in [1.165, 1.54) is 25.7 Å². The number of hydrogen-bond acceptors (Lipinski definition) is 4. The molecule has 5 heteroatoms. The fraction of sp³-hybridized carbons (Fsp3) is 0.533. The van der Waals surface area contributed by atoms with Crippen LogP contribution in [-0.4, -0.2) is 23.9 Å². The highest BCUT2D eigenvalue weighted by Crippen LogP contribution is 2.28. The number of amidine groups is 1. The lowest BCUT2D eigenvalue weighted by Gasteiger charge is -2.13. The highest BCUT2D eigenvalue weighted by atomic mass is 32.2. The monoisotopic (exact) mass is 296 g/mol. The van der Waals surface area contributed by atoms with E-state index in [-0.39, 0.29) is 5.84 Å². The second kappa shape index (κ2) is 9.53. The van der Waals surface area contributed by atoms with Crippen LogP contribution in [0, 0.1) is 0 Å². The summed E-state index contributed by atoms with van der Waals surface area (Å²) >= 11 is 1.55. The summed E-state index contributed by atoms with van der Waals surface area (Å²) in [6, 6.07) is 5.72. The Morgan fingerprint density at radius 3 is 2.70 bits per heavy atom. The van der Waals surface area contributed by atoms with Crippen molar-refractivity contribution in [1.82, 2.24) is 0 Å². The molecule has 3 N–H and O–H groups in total. The summed E-state index contributed by atoms with van der Waals surface area (Å²) in [4.78, 5) is 0.948. The molecular formula is C15H24N2O2S. The van der Waals surface area contributed by atoms with Crippen LogP contribution in [0.3, 0.4) is 0 Å². The predicted octanol–water partition coefficient (Wildman–Crippen LogP) is 3.85. The first kappa shape index (κ1) is 16.7. The fourth-order valence-corrected chi connectivity index (χ4v) is 2.62. The average molecular weight is 296 g/mol. The first-order valence-corrected chi connectivity index (χ1v) is 8.24. The van der Waals surface area contributed by atoms with Gasteiger partial charge >= 0.3 is 0 Å². The van der Waals surface area contributed by atoms with Gasteiger partial charge in [0.1, 0.15) is 5.75 Å². The van der Waals surface area contributed by atoms with E-state index in [1.807, 2.05) is 24.5 Å². The van der Waals surface area contributed by atoms with Gasteiger partial charge in [-0.05, 0) is 24.8 Å². The third kappa shape index (κ3) is 4.96. The molecule has 0 spiro atoms. The van der Waals surface area contributed by atoms with Crippen molar-refractivity contribution in [3.8, 4) is 5.75 Å². The van der Waals surface area contributed by atoms with Gasteiger partial charge in [-0.25, -0.2) is 0 Å². The van der Waals surface area contributed by atoms with E-state index >= 15 is 0 Å². The Balaban J connectivity index is 2.65. The molecule has 0 atom stereocenters. The number of hydrogen-bond donors (Lipinski definition) is 2. The number of thioether (sulfide) groups is 1. The maximum Gasteiger partial charge on any atom is 0.174 e. The molecule has 0 aliphatic rings. The topological polar surface area (TPSA) is 67.8 Å². The molecule has 0 fully saturated rings. The lowest BCUT2D eigenvalue weighted by molar-refractivity contribution is 0.301. The van der Waals surface area contributed by atoms with E-state index in [2.05, 4.69) is 12.1 Å². The lowest BCUT2D eigenvalue weighted by atomic mass is 10.1. The fourth-order valence-electron chi connectivity index (χ4n) is 1.99. The molecule has 1 rings (SSSR count). The van der Waals surface area contributed by atoms with Crippen LogP contribution in [0.25, 0.3) is 0 Å². The van der Waals surface area contributed by atoms with Crippen LogP contribution in [0.1, 0.15) is 44.6 Å². The largest absolute Gasteiger partial charge is 0.493 e. The van der Waals surface area contributed by atoms with Crippen molar-refractivity contribution < 1.29 is 9.94 Å². The van der Waals surface area contributed by atoms with Crippen molar-refractivity contribution in [1.29, 1.82) is 0 Å². The second-order valence-electron chi connectivity index (χ2n) is 4.58. The molecule has 1 aromatic carbocycles. The highest BCUT2D eigenvalue weighted by molar-refractivity contribution is 7.98. The van der Waals surface area contributed by atoms with Crippen LogP contribution in [0.4, 0.5) is 0 Å². The number of oxime groups is 1. The predicted molar refractivity (Wildman–Crippen MR) is 85.0 cm³/mol. The van der Waals surface area contributed by atoms with Crippen LogP contribution < -0.4 is 10.5 Å². The number of nitrogens with two attached hydrogens (primary N) is 1. The third-order valence-electron chi connectivity index (χ3n) is 3.08. The minimum atomic E-state index is 0.0935. The van der Waals surface area contributed by atoms with Crippen molar-refractivity contribution in [2.45, 2.75) is 43.9 Å². The quantitative estimate of drug-likeness (QED) is 0.181. The Hall–Kier alpha value is -1.36. The first-order chi connectivity index (χ1) is 9.74. The van der Waals surface area contributed by atoms with E-state index < -0.39 is 0 Å². The molecule has 4 nitrogen and oxygen atoms in total. The summed E-state index contributed by atoms with van der Waals surface area (Å²) in [5, 5.41) is 12.0. The van der Waals surface area contributed by atoms with E-state index in [9.17, 15) is 0 Å². The summed E-state index contributed by atoms with van der Waals surface area (Å²) in [5.74, 6) is 0.776. The van der Waals surface area contributed by atoms with E-state index in [0.29, 0.717) is 17.9 Å². The zero-order valence-electron chi connectivity index (χ0n) is 12.3. The number of rotatable bonds is 9. The van der Waals surface area contributed by atoms with Crippen molar-refractivity contribution in [2.24, 2.45) is 10.9 Å². The molecular weight excluding hydrogens is 272 g/mol.